The molecule has 1 aromatic heterocycles. The highest BCUT2D eigenvalue weighted by Crippen LogP contribution is 2.19. The van der Waals surface area contributed by atoms with Gasteiger partial charge in [0.25, 0.3) is 0 Å². The molecule has 2 nitrogen and oxygen atoms in total. The van der Waals surface area contributed by atoms with Crippen molar-refractivity contribution in [3.05, 3.63) is 26.9 Å². The van der Waals surface area contributed by atoms with Crippen molar-refractivity contribution in [3.8, 4) is 12.3 Å². The lowest BCUT2D eigenvalue weighted by molar-refractivity contribution is 0.552. The molecule has 1 N–H and O–H groups in total. The number of terminal acetylenes is 1. The van der Waals surface area contributed by atoms with Crippen LogP contribution in [-0.2, 0) is 6.54 Å². The second-order valence-electron chi connectivity index (χ2n) is 3.27. The van der Waals surface area contributed by atoms with Crippen molar-refractivity contribution in [2.45, 2.75) is 25.9 Å². The van der Waals surface area contributed by atoms with Crippen molar-refractivity contribution < 1.29 is 0 Å². The molecule has 0 aliphatic rings. The van der Waals surface area contributed by atoms with Crippen molar-refractivity contribution in [3.63, 3.8) is 0 Å². The molecule has 0 amide bonds. The van der Waals surface area contributed by atoms with Gasteiger partial charge < -0.3 is 5.32 Å². The van der Waals surface area contributed by atoms with E-state index in [2.05, 4.69) is 55.0 Å². The first-order chi connectivity index (χ1) is 7.13. The van der Waals surface area contributed by atoms with Gasteiger partial charge in [-0.2, -0.15) is 0 Å². The molecule has 80 valence electrons. The highest BCUT2D eigenvalue weighted by molar-refractivity contribution is 9.11. The first-order valence-electron chi connectivity index (χ1n) is 4.60. The zero-order chi connectivity index (χ0) is 11.3. The largest absolute Gasteiger partial charge is 0.308 e. The lowest BCUT2D eigenvalue weighted by Gasteiger charge is -2.11. The molecule has 15 heavy (non-hydrogen) atoms. The van der Waals surface area contributed by atoms with E-state index < -0.39 is 0 Å². The molecular weight excluding hydrogens is 320 g/mol. The van der Waals surface area contributed by atoms with Crippen molar-refractivity contribution in [2.75, 3.05) is 0 Å². The molecule has 0 aromatic carbocycles. The topological polar surface area (TPSA) is 24.9 Å². The molecule has 4 heteroatoms. The number of hydrogen-bond acceptors (Lipinski definition) is 2. The summed E-state index contributed by atoms with van der Waals surface area (Å²) in [5.74, 6) is 2.63. The molecule has 1 rings (SSSR count). The lowest BCUT2D eigenvalue weighted by Crippen LogP contribution is -2.25. The van der Waals surface area contributed by atoms with E-state index >= 15 is 0 Å². The van der Waals surface area contributed by atoms with Crippen molar-refractivity contribution in [1.29, 1.82) is 0 Å². The van der Waals surface area contributed by atoms with Crippen molar-refractivity contribution >= 4 is 31.9 Å². The van der Waals surface area contributed by atoms with E-state index in [1.54, 1.807) is 6.20 Å². The van der Waals surface area contributed by atoms with Gasteiger partial charge in [-0.1, -0.05) is 0 Å². The monoisotopic (exact) mass is 330 g/mol. The molecule has 1 atom stereocenters. The normalized spacial score (nSPS) is 12.1. The number of nitrogens with zero attached hydrogens (tertiary/aromatic N) is 1. The highest BCUT2D eigenvalue weighted by Gasteiger charge is 2.04. The van der Waals surface area contributed by atoms with Gasteiger partial charge in [0.05, 0.1) is 5.69 Å². The Hall–Kier alpha value is -0.370. The second-order valence-corrected chi connectivity index (χ2v) is 5.04. The van der Waals surface area contributed by atoms with Crippen LogP contribution in [0.15, 0.2) is 21.2 Å². The third kappa shape index (κ3) is 4.33. The molecule has 0 radical (unpaired) electrons. The quantitative estimate of drug-likeness (QED) is 0.857. The van der Waals surface area contributed by atoms with Crippen molar-refractivity contribution in [1.82, 2.24) is 10.3 Å². The van der Waals surface area contributed by atoms with Gasteiger partial charge >= 0.3 is 0 Å². The van der Waals surface area contributed by atoms with E-state index in [0.717, 1.165) is 27.6 Å². The molecule has 0 aliphatic carbocycles. The highest BCUT2D eigenvalue weighted by atomic mass is 79.9. The van der Waals surface area contributed by atoms with Crippen LogP contribution < -0.4 is 5.32 Å². The van der Waals surface area contributed by atoms with E-state index in [1.807, 2.05) is 6.07 Å². The Labute approximate surface area is 107 Å². The van der Waals surface area contributed by atoms with Crippen LogP contribution >= 0.6 is 31.9 Å². The number of hydrogen-bond donors (Lipinski definition) is 1. The molecule has 0 aliphatic heterocycles. The van der Waals surface area contributed by atoms with E-state index in [4.69, 9.17) is 6.42 Å². The fourth-order valence-corrected chi connectivity index (χ4v) is 2.22. The van der Waals surface area contributed by atoms with E-state index in [-0.39, 0.29) is 0 Å². The van der Waals surface area contributed by atoms with Crippen LogP contribution in [0.3, 0.4) is 0 Å². The third-order valence-electron chi connectivity index (χ3n) is 1.93. The number of halogens is 2. The summed E-state index contributed by atoms with van der Waals surface area (Å²) in [5, 5.41) is 3.31. The number of rotatable bonds is 4. The standard InChI is InChI=1S/C11H12Br2N2/c1-3-4-8(2)14-7-11-10(13)5-9(12)6-15-11/h1,5-6,8,14H,4,7H2,2H3. The molecule has 1 unspecified atom stereocenters. The van der Waals surface area contributed by atoms with E-state index in [9.17, 15) is 0 Å². The summed E-state index contributed by atoms with van der Waals surface area (Å²) < 4.78 is 1.96. The summed E-state index contributed by atoms with van der Waals surface area (Å²) in [4.78, 5) is 4.30. The van der Waals surface area contributed by atoms with Gasteiger partial charge in [-0.15, -0.1) is 12.3 Å². The Morgan fingerprint density at radius 3 is 2.93 bits per heavy atom. The average Bonchev–Trinajstić information content (AvgIpc) is 2.17. The van der Waals surface area contributed by atoms with E-state index in [1.165, 1.54) is 0 Å². The van der Waals surface area contributed by atoms with Crippen LogP contribution in [0.25, 0.3) is 0 Å². The van der Waals surface area contributed by atoms with Gasteiger partial charge in [0.2, 0.25) is 0 Å². The lowest BCUT2D eigenvalue weighted by atomic mass is 10.2. The van der Waals surface area contributed by atoms with Crippen LogP contribution in [0.2, 0.25) is 0 Å². The predicted octanol–water partition coefficient (Wildman–Crippen LogP) is 3.11. The Bertz CT molecular complexity index is 371. The SMILES string of the molecule is C#CCC(C)NCc1ncc(Br)cc1Br. The fourth-order valence-electron chi connectivity index (χ4n) is 1.09. The average molecular weight is 332 g/mol. The van der Waals surface area contributed by atoms with Crippen LogP contribution in [0.1, 0.15) is 19.0 Å². The molecule has 0 saturated carbocycles. The minimum atomic E-state index is 0.312. The summed E-state index contributed by atoms with van der Waals surface area (Å²) >= 11 is 6.83. The number of nitrogens with one attached hydrogen (secondary N) is 1. The van der Waals surface area contributed by atoms with Crippen molar-refractivity contribution in [2.24, 2.45) is 0 Å². The zero-order valence-corrected chi connectivity index (χ0v) is 11.6. The first-order valence-corrected chi connectivity index (χ1v) is 6.19. The third-order valence-corrected chi connectivity index (χ3v) is 3.05. The summed E-state index contributed by atoms with van der Waals surface area (Å²) in [6.45, 7) is 2.78. The smallest absolute Gasteiger partial charge is 0.0684 e. The van der Waals surface area contributed by atoms with Gasteiger partial charge in [-0.25, -0.2) is 0 Å². The van der Waals surface area contributed by atoms with Crippen LogP contribution in [-0.4, -0.2) is 11.0 Å². The van der Waals surface area contributed by atoms with Crippen LogP contribution in [0.4, 0.5) is 0 Å². The Balaban J connectivity index is 2.55. The second kappa shape index (κ2) is 6.26. The molecule has 0 saturated heterocycles. The summed E-state index contributed by atoms with van der Waals surface area (Å²) in [6.07, 6.45) is 7.74. The van der Waals surface area contributed by atoms with Gasteiger partial charge in [0.15, 0.2) is 0 Å². The van der Waals surface area contributed by atoms with Crippen LogP contribution in [0, 0.1) is 12.3 Å². The maximum atomic E-state index is 5.23. The molecule has 1 heterocycles. The maximum absolute atomic E-state index is 5.23. The predicted molar refractivity (Wildman–Crippen MR) is 69.4 cm³/mol. The Morgan fingerprint density at radius 1 is 1.60 bits per heavy atom. The van der Waals surface area contributed by atoms with Gasteiger partial charge in [0, 0.05) is 34.1 Å². The van der Waals surface area contributed by atoms with Gasteiger partial charge in [-0.3, -0.25) is 4.98 Å². The van der Waals surface area contributed by atoms with E-state index in [0.29, 0.717) is 6.04 Å². The zero-order valence-electron chi connectivity index (χ0n) is 8.43. The van der Waals surface area contributed by atoms with Gasteiger partial charge in [0.1, 0.15) is 0 Å². The summed E-state index contributed by atoms with van der Waals surface area (Å²) in [5.41, 5.74) is 0.988. The molecule has 0 fully saturated rings. The molecular formula is C11H12Br2N2. The maximum Gasteiger partial charge on any atom is 0.0684 e. The summed E-state index contributed by atoms with van der Waals surface area (Å²) in [7, 11) is 0. The number of pyridine rings is 1. The van der Waals surface area contributed by atoms with Gasteiger partial charge in [-0.05, 0) is 44.8 Å². The fraction of sp³-hybridized carbons (Fsp3) is 0.364. The molecule has 0 bridgehead atoms. The molecule has 0 spiro atoms. The number of aromatic nitrogens is 1. The Morgan fingerprint density at radius 2 is 2.33 bits per heavy atom. The summed E-state index contributed by atoms with van der Waals surface area (Å²) in [6, 6.07) is 2.29. The molecule has 1 aromatic rings. The Kier molecular flexibility index (Phi) is 5.30. The van der Waals surface area contributed by atoms with Crippen LogP contribution in [0.5, 0.6) is 0 Å². The minimum absolute atomic E-state index is 0.312. The minimum Gasteiger partial charge on any atom is -0.308 e. The first kappa shape index (κ1) is 12.7.